The van der Waals surface area contributed by atoms with Gasteiger partial charge in [0.25, 0.3) is 0 Å². The third kappa shape index (κ3) is 5.60. The predicted molar refractivity (Wildman–Crippen MR) is 133 cm³/mol. The van der Waals surface area contributed by atoms with E-state index in [4.69, 9.17) is 11.6 Å². The number of aryl methyl sites for hydroxylation is 1. The summed E-state index contributed by atoms with van der Waals surface area (Å²) in [6, 6.07) is 25.9. The minimum atomic E-state index is -3.97. The molecule has 1 atom stereocenters. The van der Waals surface area contributed by atoms with E-state index in [9.17, 15) is 13.2 Å². The minimum Gasteiger partial charge on any atom is -0.323 e. The number of carbonyl (C=O) groups excluding carboxylic acids is 1. The van der Waals surface area contributed by atoms with Crippen LogP contribution in [0.3, 0.4) is 0 Å². The Kier molecular flexibility index (Phi) is 6.79. The average molecular weight is 479 g/mol. The zero-order valence-corrected chi connectivity index (χ0v) is 19.5. The largest absolute Gasteiger partial charge is 0.323 e. The van der Waals surface area contributed by atoms with E-state index >= 15 is 0 Å². The lowest BCUT2D eigenvalue weighted by atomic mass is 10.1. The van der Waals surface area contributed by atoms with Crippen LogP contribution >= 0.6 is 11.6 Å². The molecule has 0 spiro atoms. The lowest BCUT2D eigenvalue weighted by Crippen LogP contribution is -2.45. The summed E-state index contributed by atoms with van der Waals surface area (Å²) in [4.78, 5) is 13.3. The lowest BCUT2D eigenvalue weighted by Gasteiger charge is -2.19. The van der Waals surface area contributed by atoms with Crippen molar-refractivity contribution in [1.82, 2.24) is 4.72 Å². The summed E-state index contributed by atoms with van der Waals surface area (Å²) in [5, 5.41) is 4.89. The average Bonchev–Trinajstić information content (AvgIpc) is 2.80. The number of halogens is 1. The number of benzene rings is 4. The SMILES string of the molecule is Cc1ccc(NC(=O)[C@H](Cc2ccccc2)NS(=O)(=O)c2ccc3ccccc3c2)c(Cl)c1. The molecule has 4 aromatic rings. The molecule has 0 aliphatic carbocycles. The fourth-order valence-electron chi connectivity index (χ4n) is 3.57. The van der Waals surface area contributed by atoms with Crippen LogP contribution in [0, 0.1) is 6.92 Å². The summed E-state index contributed by atoms with van der Waals surface area (Å²) in [5.74, 6) is -0.492. The van der Waals surface area contributed by atoms with Crippen molar-refractivity contribution >= 4 is 44.0 Å². The summed E-state index contributed by atoms with van der Waals surface area (Å²) >= 11 is 6.27. The van der Waals surface area contributed by atoms with Crippen LogP contribution in [0.4, 0.5) is 5.69 Å². The van der Waals surface area contributed by atoms with Gasteiger partial charge in [-0.3, -0.25) is 4.79 Å². The van der Waals surface area contributed by atoms with E-state index in [1.807, 2.05) is 67.6 Å². The monoisotopic (exact) mass is 478 g/mol. The molecule has 7 heteroatoms. The second-order valence-electron chi connectivity index (χ2n) is 7.85. The van der Waals surface area contributed by atoms with Gasteiger partial charge in [-0.05, 0) is 59.5 Å². The molecule has 0 heterocycles. The highest BCUT2D eigenvalue weighted by molar-refractivity contribution is 7.89. The van der Waals surface area contributed by atoms with E-state index in [0.29, 0.717) is 10.7 Å². The van der Waals surface area contributed by atoms with E-state index in [1.165, 1.54) is 0 Å². The van der Waals surface area contributed by atoms with Gasteiger partial charge < -0.3 is 5.32 Å². The van der Waals surface area contributed by atoms with Gasteiger partial charge in [-0.15, -0.1) is 0 Å². The third-order valence-corrected chi connectivity index (χ3v) is 7.09. The molecule has 0 saturated carbocycles. The molecule has 0 fully saturated rings. The van der Waals surface area contributed by atoms with Crippen LogP contribution in [-0.4, -0.2) is 20.4 Å². The zero-order valence-electron chi connectivity index (χ0n) is 18.0. The van der Waals surface area contributed by atoms with Gasteiger partial charge in [0.1, 0.15) is 6.04 Å². The summed E-state index contributed by atoms with van der Waals surface area (Å²) in [7, 11) is -3.97. The maximum Gasteiger partial charge on any atom is 0.242 e. The first-order chi connectivity index (χ1) is 15.8. The van der Waals surface area contributed by atoms with Crippen molar-refractivity contribution < 1.29 is 13.2 Å². The van der Waals surface area contributed by atoms with Crippen molar-refractivity contribution in [2.45, 2.75) is 24.3 Å². The van der Waals surface area contributed by atoms with Crippen molar-refractivity contribution in [1.29, 1.82) is 0 Å². The van der Waals surface area contributed by atoms with Gasteiger partial charge in [-0.25, -0.2) is 8.42 Å². The Hall–Kier alpha value is -3.19. The van der Waals surface area contributed by atoms with E-state index in [1.54, 1.807) is 30.3 Å². The second kappa shape index (κ2) is 9.75. The predicted octanol–water partition coefficient (Wildman–Crippen LogP) is 5.33. The summed E-state index contributed by atoms with van der Waals surface area (Å²) in [5.41, 5.74) is 2.21. The lowest BCUT2D eigenvalue weighted by molar-refractivity contribution is -0.117. The molecular weight excluding hydrogens is 456 g/mol. The molecule has 2 N–H and O–H groups in total. The van der Waals surface area contributed by atoms with Crippen LogP contribution in [0.15, 0.2) is 95.9 Å². The molecule has 0 radical (unpaired) electrons. The molecule has 0 aromatic heterocycles. The fourth-order valence-corrected chi connectivity index (χ4v) is 5.08. The number of carbonyl (C=O) groups is 1. The topological polar surface area (TPSA) is 75.3 Å². The number of nitrogens with one attached hydrogen (secondary N) is 2. The Bertz CT molecular complexity index is 1410. The van der Waals surface area contributed by atoms with Crippen molar-refractivity contribution in [3.8, 4) is 0 Å². The number of amides is 1. The molecule has 0 bridgehead atoms. The van der Waals surface area contributed by atoms with Crippen LogP contribution in [0.25, 0.3) is 10.8 Å². The van der Waals surface area contributed by atoms with Crippen LogP contribution in [0.5, 0.6) is 0 Å². The fraction of sp³-hybridized carbons (Fsp3) is 0.115. The molecular formula is C26H23ClN2O3S. The van der Waals surface area contributed by atoms with Crippen molar-refractivity contribution in [3.63, 3.8) is 0 Å². The number of hydrogen-bond donors (Lipinski definition) is 2. The molecule has 0 unspecified atom stereocenters. The number of sulfonamides is 1. The van der Waals surface area contributed by atoms with Gasteiger partial charge in [0.05, 0.1) is 15.6 Å². The highest BCUT2D eigenvalue weighted by atomic mass is 35.5. The molecule has 4 rings (SSSR count). The third-order valence-electron chi connectivity index (χ3n) is 5.31. The van der Waals surface area contributed by atoms with Gasteiger partial charge in [0.15, 0.2) is 0 Å². The Morgan fingerprint density at radius 1 is 0.879 bits per heavy atom. The summed E-state index contributed by atoms with van der Waals surface area (Å²) in [6.45, 7) is 1.90. The Balaban J connectivity index is 1.63. The molecule has 33 heavy (non-hydrogen) atoms. The van der Waals surface area contributed by atoms with Crippen LogP contribution in [-0.2, 0) is 21.2 Å². The molecule has 0 aliphatic heterocycles. The second-order valence-corrected chi connectivity index (χ2v) is 9.97. The smallest absolute Gasteiger partial charge is 0.242 e. The van der Waals surface area contributed by atoms with E-state index in [0.717, 1.165) is 21.9 Å². The Morgan fingerprint density at radius 3 is 2.30 bits per heavy atom. The first kappa shape index (κ1) is 23.0. The summed E-state index contributed by atoms with van der Waals surface area (Å²) < 4.78 is 29.0. The quantitative estimate of drug-likeness (QED) is 0.377. The standard InChI is InChI=1S/C26H23ClN2O3S/c1-18-11-14-24(23(27)15-18)28-26(30)25(16-19-7-3-2-4-8-19)29-33(31,32)22-13-12-20-9-5-6-10-21(20)17-22/h2-15,17,25,29H,16H2,1H3,(H,28,30)/t25-/m0/s1. The number of hydrogen-bond acceptors (Lipinski definition) is 3. The maximum atomic E-state index is 13.2. The molecule has 0 saturated heterocycles. The van der Waals surface area contributed by atoms with Crippen molar-refractivity contribution in [2.24, 2.45) is 0 Å². The molecule has 0 aliphatic rings. The van der Waals surface area contributed by atoms with Gasteiger partial charge >= 0.3 is 0 Å². The summed E-state index contributed by atoms with van der Waals surface area (Å²) in [6.07, 6.45) is 0.183. The van der Waals surface area contributed by atoms with Crippen LogP contribution in [0.2, 0.25) is 5.02 Å². The number of fused-ring (bicyclic) bond motifs is 1. The highest BCUT2D eigenvalue weighted by Gasteiger charge is 2.27. The van der Waals surface area contributed by atoms with Gasteiger partial charge in [0.2, 0.25) is 15.9 Å². The van der Waals surface area contributed by atoms with Crippen molar-refractivity contribution in [3.05, 3.63) is 107 Å². The Morgan fingerprint density at radius 2 is 1.58 bits per heavy atom. The number of rotatable bonds is 7. The maximum absolute atomic E-state index is 13.2. The van der Waals surface area contributed by atoms with E-state index in [2.05, 4.69) is 10.0 Å². The molecule has 1 amide bonds. The molecule has 5 nitrogen and oxygen atoms in total. The van der Waals surface area contributed by atoms with Gasteiger partial charge in [-0.2, -0.15) is 4.72 Å². The first-order valence-electron chi connectivity index (χ1n) is 10.4. The minimum absolute atomic E-state index is 0.0976. The van der Waals surface area contributed by atoms with E-state index in [-0.39, 0.29) is 11.3 Å². The number of anilines is 1. The van der Waals surface area contributed by atoms with Gasteiger partial charge in [0, 0.05) is 0 Å². The van der Waals surface area contributed by atoms with Crippen molar-refractivity contribution in [2.75, 3.05) is 5.32 Å². The van der Waals surface area contributed by atoms with E-state index < -0.39 is 22.0 Å². The normalized spacial score (nSPS) is 12.4. The zero-order chi connectivity index (χ0) is 23.4. The first-order valence-corrected chi connectivity index (χ1v) is 12.3. The molecule has 168 valence electrons. The Labute approximate surface area is 198 Å². The van der Waals surface area contributed by atoms with Gasteiger partial charge in [-0.1, -0.05) is 78.3 Å². The van der Waals surface area contributed by atoms with Crippen LogP contribution < -0.4 is 10.0 Å². The van der Waals surface area contributed by atoms with Crippen LogP contribution in [0.1, 0.15) is 11.1 Å². The molecule has 4 aromatic carbocycles. The highest BCUT2D eigenvalue weighted by Crippen LogP contribution is 2.24.